The summed E-state index contributed by atoms with van der Waals surface area (Å²) in [5.74, 6) is 0. The van der Waals surface area contributed by atoms with Gasteiger partial charge in [0, 0.05) is 13.1 Å². The molecule has 0 bridgehead atoms. The lowest BCUT2D eigenvalue weighted by Crippen LogP contribution is -2.33. The second-order valence-corrected chi connectivity index (χ2v) is 2.38. The average molecular weight is 194 g/mol. The summed E-state index contributed by atoms with van der Waals surface area (Å²) in [7, 11) is 0.932. The molecule has 13 heavy (non-hydrogen) atoms. The fourth-order valence-electron chi connectivity index (χ4n) is 0.828. The highest BCUT2D eigenvalue weighted by molar-refractivity contribution is 5.04. The van der Waals surface area contributed by atoms with Gasteiger partial charge < -0.3 is 0 Å². The lowest BCUT2D eigenvalue weighted by atomic mass is 10.4. The van der Waals surface area contributed by atoms with E-state index in [4.69, 9.17) is 0 Å². The monoisotopic (exact) mass is 194 g/mol. The second-order valence-electron chi connectivity index (χ2n) is 2.38. The lowest BCUT2D eigenvalue weighted by molar-refractivity contribution is -0.144. The second kappa shape index (κ2) is 2.75. The van der Waals surface area contributed by atoms with E-state index in [1.807, 2.05) is 0 Å². The van der Waals surface area contributed by atoms with Crippen LogP contribution in [0.2, 0.25) is 0 Å². The number of hydrogen-bond donors (Lipinski definition) is 1. The van der Waals surface area contributed by atoms with Crippen LogP contribution in [0, 0.1) is 0 Å². The predicted molar refractivity (Wildman–Crippen MR) is 37.3 cm³/mol. The molecular formula is C6H5F3N2O2. The molecule has 0 aliphatic rings. The van der Waals surface area contributed by atoms with Gasteiger partial charge in [-0.15, -0.1) is 0 Å². The molecule has 0 fully saturated rings. The Hall–Kier alpha value is -1.53. The SMILES string of the molecule is Cn1c(C(F)(F)F)cc(=O)[nH]c1=O. The van der Waals surface area contributed by atoms with E-state index in [1.54, 1.807) is 4.98 Å². The van der Waals surface area contributed by atoms with Gasteiger partial charge in [-0.05, 0) is 0 Å². The Morgan fingerprint density at radius 3 is 2.38 bits per heavy atom. The van der Waals surface area contributed by atoms with Gasteiger partial charge in [0.25, 0.3) is 5.56 Å². The highest BCUT2D eigenvalue weighted by atomic mass is 19.4. The highest BCUT2D eigenvalue weighted by Gasteiger charge is 2.34. The average Bonchev–Trinajstić information content (AvgIpc) is 1.94. The largest absolute Gasteiger partial charge is 0.431 e. The van der Waals surface area contributed by atoms with Crippen LogP contribution < -0.4 is 11.2 Å². The zero-order valence-corrected chi connectivity index (χ0v) is 6.47. The van der Waals surface area contributed by atoms with Crippen molar-refractivity contribution in [1.82, 2.24) is 9.55 Å². The zero-order valence-electron chi connectivity index (χ0n) is 6.47. The van der Waals surface area contributed by atoms with Gasteiger partial charge in [-0.1, -0.05) is 0 Å². The van der Waals surface area contributed by atoms with Gasteiger partial charge in [-0.3, -0.25) is 14.3 Å². The summed E-state index contributed by atoms with van der Waals surface area (Å²) in [5.41, 5.74) is -3.41. The van der Waals surface area contributed by atoms with Gasteiger partial charge in [-0.2, -0.15) is 13.2 Å². The van der Waals surface area contributed by atoms with E-state index in [9.17, 15) is 22.8 Å². The molecule has 0 unspecified atom stereocenters. The molecule has 0 aromatic carbocycles. The standard InChI is InChI=1S/C6H5F3N2O2/c1-11-3(6(7,8)9)2-4(12)10-5(11)13/h2H,1H3,(H,10,12,13). The third-order valence-electron chi connectivity index (χ3n) is 1.45. The summed E-state index contributed by atoms with van der Waals surface area (Å²) in [4.78, 5) is 23.0. The molecule has 0 saturated carbocycles. The summed E-state index contributed by atoms with van der Waals surface area (Å²) in [5, 5.41) is 0. The molecule has 0 saturated heterocycles. The van der Waals surface area contributed by atoms with Crippen molar-refractivity contribution in [3.05, 3.63) is 32.6 Å². The van der Waals surface area contributed by atoms with Crippen molar-refractivity contribution < 1.29 is 13.2 Å². The molecule has 1 aromatic heterocycles. The first-order valence-electron chi connectivity index (χ1n) is 3.20. The maximum absolute atomic E-state index is 12.1. The van der Waals surface area contributed by atoms with Crippen LogP contribution in [0.4, 0.5) is 13.2 Å². The van der Waals surface area contributed by atoms with E-state index < -0.39 is 23.1 Å². The predicted octanol–water partition coefficient (Wildman–Crippen LogP) is 0.0924. The molecule has 7 heteroatoms. The van der Waals surface area contributed by atoms with Crippen LogP contribution in [-0.4, -0.2) is 9.55 Å². The van der Waals surface area contributed by atoms with Gasteiger partial charge >= 0.3 is 11.9 Å². The Bertz CT molecular complexity index is 429. The van der Waals surface area contributed by atoms with Crippen LogP contribution in [0.15, 0.2) is 15.7 Å². The third kappa shape index (κ3) is 1.79. The van der Waals surface area contributed by atoms with Crippen LogP contribution >= 0.6 is 0 Å². The maximum Gasteiger partial charge on any atom is 0.431 e. The van der Waals surface area contributed by atoms with Crippen molar-refractivity contribution in [2.24, 2.45) is 7.05 Å². The molecule has 0 spiro atoms. The topological polar surface area (TPSA) is 54.9 Å². The van der Waals surface area contributed by atoms with Gasteiger partial charge in [-0.25, -0.2) is 4.79 Å². The summed E-state index contributed by atoms with van der Waals surface area (Å²) in [6.45, 7) is 0. The van der Waals surface area contributed by atoms with Crippen molar-refractivity contribution in [3.63, 3.8) is 0 Å². The maximum atomic E-state index is 12.1. The smallest absolute Gasteiger partial charge is 0.292 e. The number of nitrogens with one attached hydrogen (secondary N) is 1. The molecule has 0 aliphatic heterocycles. The van der Waals surface area contributed by atoms with Crippen molar-refractivity contribution in [3.8, 4) is 0 Å². The Kier molecular flexibility index (Phi) is 2.02. The first-order chi connectivity index (χ1) is 5.82. The number of hydrogen-bond acceptors (Lipinski definition) is 2. The quantitative estimate of drug-likeness (QED) is 0.636. The summed E-state index contributed by atoms with van der Waals surface area (Å²) < 4.78 is 36.6. The van der Waals surface area contributed by atoms with Crippen molar-refractivity contribution in [2.75, 3.05) is 0 Å². The minimum absolute atomic E-state index is 0.335. The van der Waals surface area contributed by atoms with Gasteiger partial charge in [0.1, 0.15) is 5.69 Å². The van der Waals surface area contributed by atoms with Crippen molar-refractivity contribution in [1.29, 1.82) is 0 Å². The van der Waals surface area contributed by atoms with Gasteiger partial charge in [0.15, 0.2) is 0 Å². The highest BCUT2D eigenvalue weighted by Crippen LogP contribution is 2.26. The number of aromatic nitrogens is 2. The van der Waals surface area contributed by atoms with Gasteiger partial charge in [0.2, 0.25) is 0 Å². The van der Waals surface area contributed by atoms with E-state index in [1.165, 1.54) is 0 Å². The Morgan fingerprint density at radius 2 is 1.92 bits per heavy atom. The fraction of sp³-hybridized carbons (Fsp3) is 0.333. The van der Waals surface area contributed by atoms with E-state index in [0.717, 1.165) is 7.05 Å². The minimum atomic E-state index is -4.69. The van der Waals surface area contributed by atoms with Crippen molar-refractivity contribution >= 4 is 0 Å². The Labute approximate surface area is 69.6 Å². The van der Waals surface area contributed by atoms with E-state index >= 15 is 0 Å². The molecule has 4 nitrogen and oxygen atoms in total. The number of halogens is 3. The zero-order chi connectivity index (χ0) is 10.2. The molecule has 1 heterocycles. The molecule has 0 atom stereocenters. The van der Waals surface area contributed by atoms with E-state index in [2.05, 4.69) is 0 Å². The summed E-state index contributed by atoms with van der Waals surface area (Å²) >= 11 is 0. The summed E-state index contributed by atoms with van der Waals surface area (Å²) in [6.07, 6.45) is -4.69. The number of H-pyrrole nitrogens is 1. The van der Waals surface area contributed by atoms with Crippen LogP contribution in [-0.2, 0) is 13.2 Å². The minimum Gasteiger partial charge on any atom is -0.292 e. The molecular weight excluding hydrogens is 189 g/mol. The lowest BCUT2D eigenvalue weighted by Gasteiger charge is -2.09. The molecule has 1 N–H and O–H groups in total. The Morgan fingerprint density at radius 1 is 1.38 bits per heavy atom. The third-order valence-corrected chi connectivity index (χ3v) is 1.45. The molecule has 1 rings (SSSR count). The van der Waals surface area contributed by atoms with Crippen LogP contribution in [0.1, 0.15) is 5.69 Å². The summed E-state index contributed by atoms with van der Waals surface area (Å²) in [6, 6.07) is 0.335. The molecule has 0 aliphatic carbocycles. The Balaban J connectivity index is 3.56. The van der Waals surface area contributed by atoms with Crippen molar-refractivity contribution in [2.45, 2.75) is 6.18 Å². The molecule has 72 valence electrons. The molecule has 0 amide bonds. The first-order valence-corrected chi connectivity index (χ1v) is 3.20. The van der Waals surface area contributed by atoms with E-state index in [-0.39, 0.29) is 0 Å². The van der Waals surface area contributed by atoms with Gasteiger partial charge in [0.05, 0.1) is 0 Å². The normalized spacial score (nSPS) is 11.7. The molecule has 1 aromatic rings. The van der Waals surface area contributed by atoms with Crippen LogP contribution in [0.5, 0.6) is 0 Å². The number of nitrogens with zero attached hydrogens (tertiary/aromatic N) is 1. The fourth-order valence-corrected chi connectivity index (χ4v) is 0.828. The first kappa shape index (κ1) is 9.56. The van der Waals surface area contributed by atoms with Crippen LogP contribution in [0.3, 0.4) is 0 Å². The molecule has 0 radical (unpaired) electrons. The number of rotatable bonds is 0. The number of alkyl halides is 3. The van der Waals surface area contributed by atoms with Crippen LogP contribution in [0.25, 0.3) is 0 Å². The van der Waals surface area contributed by atoms with E-state index in [0.29, 0.717) is 10.6 Å². The number of aromatic amines is 1.